The predicted octanol–water partition coefficient (Wildman–Crippen LogP) is 3.98. The van der Waals surface area contributed by atoms with Gasteiger partial charge in [0.2, 0.25) is 0 Å². The Bertz CT molecular complexity index is 1280. The summed E-state index contributed by atoms with van der Waals surface area (Å²) in [5.41, 5.74) is 0.660. The molecule has 0 spiro atoms. The second-order valence-corrected chi connectivity index (χ2v) is 7.53. The summed E-state index contributed by atoms with van der Waals surface area (Å²) >= 11 is 6.00. The quantitative estimate of drug-likeness (QED) is 0.259. The summed E-state index contributed by atoms with van der Waals surface area (Å²) in [6, 6.07) is 16.6. The number of rotatable bonds is 9. The van der Waals surface area contributed by atoms with E-state index in [2.05, 4.69) is 10.6 Å². The van der Waals surface area contributed by atoms with Gasteiger partial charge >= 0.3 is 5.97 Å². The Balaban J connectivity index is 1.60. The average Bonchev–Trinajstić information content (AvgIpc) is 2.86. The number of nitro groups is 1. The highest BCUT2D eigenvalue weighted by Crippen LogP contribution is 2.24. The topological polar surface area (TPSA) is 137 Å². The molecule has 3 aromatic carbocycles. The number of anilines is 1. The predicted molar refractivity (Wildman–Crippen MR) is 128 cm³/mol. The Kier molecular flexibility index (Phi) is 8.36. The Morgan fingerprint density at radius 2 is 1.77 bits per heavy atom. The van der Waals surface area contributed by atoms with Crippen LogP contribution in [-0.4, -0.2) is 36.4 Å². The molecule has 0 aromatic heterocycles. The third-order valence-corrected chi connectivity index (χ3v) is 5.07. The number of amides is 2. The number of halogens is 1. The number of ether oxygens (including phenoxy) is 2. The van der Waals surface area contributed by atoms with Crippen LogP contribution in [0.4, 0.5) is 11.4 Å². The van der Waals surface area contributed by atoms with E-state index in [1.165, 1.54) is 25.3 Å². The number of carbonyl (C=O) groups is 3. The number of nitrogens with zero attached hydrogens (tertiary/aromatic N) is 1. The number of nitro benzene ring substituents is 1. The maximum absolute atomic E-state index is 12.6. The molecule has 0 aliphatic rings. The first-order chi connectivity index (χ1) is 16.8. The number of non-ortho nitro benzene ring substituents is 1. The van der Waals surface area contributed by atoms with Gasteiger partial charge in [-0.3, -0.25) is 19.7 Å². The van der Waals surface area contributed by atoms with Crippen molar-refractivity contribution in [2.75, 3.05) is 19.0 Å². The van der Waals surface area contributed by atoms with E-state index in [1.54, 1.807) is 30.3 Å². The molecule has 0 bridgehead atoms. The van der Waals surface area contributed by atoms with E-state index in [0.29, 0.717) is 5.75 Å². The Hall–Kier alpha value is -4.44. The van der Waals surface area contributed by atoms with Gasteiger partial charge in [-0.1, -0.05) is 35.9 Å². The minimum atomic E-state index is -0.827. The second-order valence-electron chi connectivity index (χ2n) is 7.13. The highest BCUT2D eigenvalue weighted by Gasteiger charge is 2.19. The van der Waals surface area contributed by atoms with Crippen LogP contribution in [0.1, 0.15) is 26.3 Å². The third kappa shape index (κ3) is 6.78. The van der Waals surface area contributed by atoms with Crippen molar-refractivity contribution in [2.45, 2.75) is 6.54 Å². The van der Waals surface area contributed by atoms with Crippen molar-refractivity contribution in [3.05, 3.63) is 98.6 Å². The molecule has 0 heterocycles. The normalized spacial score (nSPS) is 10.2. The van der Waals surface area contributed by atoms with E-state index in [0.717, 1.165) is 17.7 Å². The molecule has 0 saturated heterocycles. The van der Waals surface area contributed by atoms with Crippen molar-refractivity contribution in [1.29, 1.82) is 0 Å². The van der Waals surface area contributed by atoms with Gasteiger partial charge in [0.15, 0.2) is 6.61 Å². The summed E-state index contributed by atoms with van der Waals surface area (Å²) in [6.45, 7) is -0.310. The fourth-order valence-electron chi connectivity index (χ4n) is 3.00. The van der Waals surface area contributed by atoms with Gasteiger partial charge in [-0.05, 0) is 35.9 Å². The lowest BCUT2D eigenvalue weighted by Crippen LogP contribution is -2.28. The van der Waals surface area contributed by atoms with Gasteiger partial charge in [-0.25, -0.2) is 4.79 Å². The van der Waals surface area contributed by atoms with Gasteiger partial charge in [0.1, 0.15) is 5.75 Å². The van der Waals surface area contributed by atoms with Crippen molar-refractivity contribution in [3.63, 3.8) is 0 Å². The van der Waals surface area contributed by atoms with Crippen LogP contribution in [0.3, 0.4) is 0 Å². The van der Waals surface area contributed by atoms with Gasteiger partial charge < -0.3 is 20.1 Å². The fourth-order valence-corrected chi connectivity index (χ4v) is 3.27. The van der Waals surface area contributed by atoms with Gasteiger partial charge in [0.05, 0.1) is 33.9 Å². The van der Waals surface area contributed by atoms with Crippen LogP contribution in [0.5, 0.6) is 5.75 Å². The average molecular weight is 498 g/mol. The van der Waals surface area contributed by atoms with Crippen molar-refractivity contribution in [1.82, 2.24) is 5.32 Å². The number of benzene rings is 3. The molecule has 2 N–H and O–H groups in total. The highest BCUT2D eigenvalue weighted by molar-refractivity contribution is 6.34. The summed E-state index contributed by atoms with van der Waals surface area (Å²) in [6.07, 6.45) is 0. The molecule has 2 amide bonds. The van der Waals surface area contributed by atoms with Crippen LogP contribution in [0.2, 0.25) is 5.02 Å². The van der Waals surface area contributed by atoms with E-state index < -0.39 is 29.3 Å². The maximum atomic E-state index is 12.6. The van der Waals surface area contributed by atoms with Crippen LogP contribution in [0.15, 0.2) is 66.7 Å². The highest BCUT2D eigenvalue weighted by atomic mass is 35.5. The number of carbonyl (C=O) groups excluding carboxylic acids is 3. The van der Waals surface area contributed by atoms with E-state index in [1.807, 2.05) is 6.07 Å². The van der Waals surface area contributed by atoms with Crippen LogP contribution in [-0.2, 0) is 16.1 Å². The molecule has 3 rings (SSSR count). The Morgan fingerprint density at radius 1 is 1.00 bits per heavy atom. The summed E-state index contributed by atoms with van der Waals surface area (Å²) in [5, 5.41) is 15.9. The summed E-state index contributed by atoms with van der Waals surface area (Å²) in [4.78, 5) is 47.5. The molecule has 35 heavy (non-hydrogen) atoms. The number of nitrogens with one attached hydrogen (secondary N) is 2. The number of hydrogen-bond donors (Lipinski definition) is 2. The zero-order valence-electron chi connectivity index (χ0n) is 18.4. The van der Waals surface area contributed by atoms with E-state index in [4.69, 9.17) is 21.1 Å². The minimum absolute atomic E-state index is 0.0134. The molecule has 10 nitrogen and oxygen atoms in total. The standard InChI is InChI=1S/C24H20ClN3O7/c1-34-17-6-4-5-15(11-17)13-26-22(29)14-35-24(31)19-7-2-3-8-21(19)27-23(30)18-10-9-16(28(32)33)12-20(18)25/h2-12H,13-14H2,1H3,(H,26,29)(H,27,30). The van der Waals surface area contributed by atoms with Crippen molar-refractivity contribution >= 4 is 40.8 Å². The van der Waals surface area contributed by atoms with Gasteiger partial charge in [0, 0.05) is 18.7 Å². The molecule has 0 fully saturated rings. The SMILES string of the molecule is COc1cccc(CNC(=O)COC(=O)c2ccccc2NC(=O)c2ccc([N+](=O)[O-])cc2Cl)c1. The Morgan fingerprint density at radius 3 is 2.49 bits per heavy atom. The molecule has 0 aliphatic heterocycles. The minimum Gasteiger partial charge on any atom is -0.497 e. The molecule has 0 saturated carbocycles. The molecular formula is C24H20ClN3O7. The summed E-state index contributed by atoms with van der Waals surface area (Å²) in [7, 11) is 1.54. The number of hydrogen-bond acceptors (Lipinski definition) is 7. The first-order valence-corrected chi connectivity index (χ1v) is 10.6. The summed E-state index contributed by atoms with van der Waals surface area (Å²) < 4.78 is 10.2. The monoisotopic (exact) mass is 497 g/mol. The van der Waals surface area contributed by atoms with E-state index in [-0.39, 0.29) is 34.1 Å². The number of esters is 1. The molecule has 0 unspecified atom stereocenters. The maximum Gasteiger partial charge on any atom is 0.340 e. The lowest BCUT2D eigenvalue weighted by molar-refractivity contribution is -0.384. The molecule has 180 valence electrons. The molecule has 0 radical (unpaired) electrons. The molecular weight excluding hydrogens is 478 g/mol. The van der Waals surface area contributed by atoms with Crippen molar-refractivity contribution in [2.24, 2.45) is 0 Å². The van der Waals surface area contributed by atoms with Crippen molar-refractivity contribution < 1.29 is 28.8 Å². The van der Waals surface area contributed by atoms with Gasteiger partial charge in [-0.15, -0.1) is 0 Å². The van der Waals surface area contributed by atoms with Gasteiger partial charge in [-0.2, -0.15) is 0 Å². The second kappa shape index (κ2) is 11.6. The first kappa shape index (κ1) is 25.2. The van der Waals surface area contributed by atoms with Gasteiger partial charge in [0.25, 0.3) is 17.5 Å². The molecule has 11 heteroatoms. The lowest BCUT2D eigenvalue weighted by Gasteiger charge is -2.12. The Labute approximate surface area is 205 Å². The zero-order chi connectivity index (χ0) is 25.4. The smallest absolute Gasteiger partial charge is 0.340 e. The van der Waals surface area contributed by atoms with E-state index in [9.17, 15) is 24.5 Å². The largest absolute Gasteiger partial charge is 0.497 e. The fraction of sp³-hybridized carbons (Fsp3) is 0.125. The number of para-hydroxylation sites is 1. The van der Waals surface area contributed by atoms with Crippen LogP contribution >= 0.6 is 11.6 Å². The van der Waals surface area contributed by atoms with Crippen molar-refractivity contribution in [3.8, 4) is 5.75 Å². The first-order valence-electron chi connectivity index (χ1n) is 10.2. The van der Waals surface area contributed by atoms with Crippen LogP contribution in [0.25, 0.3) is 0 Å². The summed E-state index contributed by atoms with van der Waals surface area (Å²) in [5.74, 6) is -1.37. The molecule has 0 aliphatic carbocycles. The molecule has 3 aromatic rings. The third-order valence-electron chi connectivity index (χ3n) is 4.76. The van der Waals surface area contributed by atoms with E-state index >= 15 is 0 Å². The van der Waals surface area contributed by atoms with Crippen LogP contribution in [0, 0.1) is 10.1 Å². The lowest BCUT2D eigenvalue weighted by atomic mass is 10.1. The molecule has 0 atom stereocenters. The zero-order valence-corrected chi connectivity index (χ0v) is 19.2. The van der Waals surface area contributed by atoms with Crippen LogP contribution < -0.4 is 15.4 Å². The number of methoxy groups -OCH3 is 1.